The molecule has 3 aromatic rings. The second-order valence-electron chi connectivity index (χ2n) is 4.48. The minimum absolute atomic E-state index is 0.164. The van der Waals surface area contributed by atoms with E-state index >= 15 is 0 Å². The molecule has 0 saturated carbocycles. The molecule has 0 radical (unpaired) electrons. The van der Waals surface area contributed by atoms with Gasteiger partial charge in [-0.05, 0) is 35.9 Å². The quantitative estimate of drug-likeness (QED) is 0.711. The Labute approximate surface area is 126 Å². The summed E-state index contributed by atoms with van der Waals surface area (Å²) >= 11 is 5.84. The molecule has 5 nitrogen and oxygen atoms in total. The zero-order valence-electron chi connectivity index (χ0n) is 11.0. The average molecular weight is 298 g/mol. The Morgan fingerprint density at radius 3 is 2.52 bits per heavy atom. The van der Waals surface area contributed by atoms with Crippen molar-refractivity contribution >= 4 is 46.2 Å². The van der Waals surface area contributed by atoms with Crippen molar-refractivity contribution in [3.8, 4) is 0 Å². The Balaban J connectivity index is 1.96. The maximum Gasteiger partial charge on any atom is 0.222 e. The van der Waals surface area contributed by atoms with E-state index in [4.69, 9.17) is 23.1 Å². The maximum absolute atomic E-state index is 5.85. The van der Waals surface area contributed by atoms with Gasteiger partial charge in [-0.15, -0.1) is 0 Å². The van der Waals surface area contributed by atoms with Crippen molar-refractivity contribution in [2.24, 2.45) is 4.99 Å². The number of nitrogens with zero attached hydrogens (tertiary/aromatic N) is 3. The monoisotopic (exact) mass is 297 g/mol. The molecule has 0 aliphatic rings. The third-order valence-electron chi connectivity index (χ3n) is 2.96. The first kappa shape index (κ1) is 13.3. The minimum Gasteiger partial charge on any atom is -0.383 e. The molecule has 0 aliphatic carbocycles. The van der Waals surface area contributed by atoms with Gasteiger partial charge in [0.15, 0.2) is 0 Å². The summed E-state index contributed by atoms with van der Waals surface area (Å²) in [7, 11) is 0. The van der Waals surface area contributed by atoms with Gasteiger partial charge < -0.3 is 11.5 Å². The van der Waals surface area contributed by atoms with Gasteiger partial charge >= 0.3 is 0 Å². The first-order valence-electron chi connectivity index (χ1n) is 6.24. The lowest BCUT2D eigenvalue weighted by molar-refractivity contribution is 1.24. The van der Waals surface area contributed by atoms with Gasteiger partial charge in [-0.25, -0.2) is 4.98 Å². The van der Waals surface area contributed by atoms with E-state index in [0.717, 1.165) is 16.6 Å². The zero-order valence-corrected chi connectivity index (χ0v) is 11.7. The predicted molar refractivity (Wildman–Crippen MR) is 87.1 cm³/mol. The van der Waals surface area contributed by atoms with Gasteiger partial charge in [-0.2, -0.15) is 4.98 Å². The highest BCUT2D eigenvalue weighted by atomic mass is 35.5. The summed E-state index contributed by atoms with van der Waals surface area (Å²) in [6.45, 7) is 0. The lowest BCUT2D eigenvalue weighted by Gasteiger charge is -2.03. The summed E-state index contributed by atoms with van der Waals surface area (Å²) in [6, 6.07) is 12.9. The molecule has 0 bridgehead atoms. The highest BCUT2D eigenvalue weighted by Crippen LogP contribution is 2.24. The van der Waals surface area contributed by atoms with Crippen LogP contribution in [-0.2, 0) is 0 Å². The lowest BCUT2D eigenvalue weighted by atomic mass is 10.2. The Hall–Kier alpha value is -2.66. The number of benzene rings is 2. The van der Waals surface area contributed by atoms with Crippen LogP contribution in [0.4, 0.5) is 17.5 Å². The summed E-state index contributed by atoms with van der Waals surface area (Å²) in [4.78, 5) is 12.5. The molecule has 0 aliphatic heterocycles. The van der Waals surface area contributed by atoms with Crippen LogP contribution in [0.2, 0.25) is 5.02 Å². The number of aromatic nitrogens is 2. The molecule has 0 amide bonds. The number of nitrogen functional groups attached to an aromatic ring is 2. The van der Waals surface area contributed by atoms with E-state index in [9.17, 15) is 0 Å². The van der Waals surface area contributed by atoms with Crippen LogP contribution in [0.25, 0.3) is 10.9 Å². The van der Waals surface area contributed by atoms with Crippen molar-refractivity contribution in [1.29, 1.82) is 0 Å². The van der Waals surface area contributed by atoms with Crippen molar-refractivity contribution in [2.75, 3.05) is 11.5 Å². The lowest BCUT2D eigenvalue weighted by Crippen LogP contribution is -2.00. The molecular formula is C15H12ClN5. The molecule has 0 unspecified atom stereocenters. The Morgan fingerprint density at radius 1 is 1.00 bits per heavy atom. The maximum atomic E-state index is 5.85. The highest BCUT2D eigenvalue weighted by Gasteiger charge is 2.03. The molecular weight excluding hydrogens is 286 g/mol. The van der Waals surface area contributed by atoms with Crippen LogP contribution in [0.1, 0.15) is 5.56 Å². The molecule has 3 rings (SSSR count). The van der Waals surface area contributed by atoms with Gasteiger partial charge in [0.1, 0.15) is 5.82 Å². The van der Waals surface area contributed by atoms with Gasteiger partial charge in [0, 0.05) is 16.6 Å². The normalized spacial score (nSPS) is 11.3. The fourth-order valence-electron chi connectivity index (χ4n) is 1.94. The van der Waals surface area contributed by atoms with Gasteiger partial charge in [0.25, 0.3) is 0 Å². The second-order valence-corrected chi connectivity index (χ2v) is 4.91. The van der Waals surface area contributed by atoms with E-state index < -0.39 is 0 Å². The summed E-state index contributed by atoms with van der Waals surface area (Å²) in [6.07, 6.45) is 1.76. The Morgan fingerprint density at radius 2 is 1.76 bits per heavy atom. The predicted octanol–water partition coefficient (Wildman–Crippen LogP) is 3.20. The SMILES string of the molecule is Nc1nc(N)c2cc(N=Cc3ccc(Cl)cc3)ccc2n1. The summed E-state index contributed by atoms with van der Waals surface area (Å²) in [5, 5.41) is 1.43. The van der Waals surface area contributed by atoms with Crippen LogP contribution in [0.15, 0.2) is 47.5 Å². The van der Waals surface area contributed by atoms with E-state index in [1.165, 1.54) is 0 Å². The van der Waals surface area contributed by atoms with Crippen LogP contribution < -0.4 is 11.5 Å². The topological polar surface area (TPSA) is 90.2 Å². The third kappa shape index (κ3) is 2.93. The van der Waals surface area contributed by atoms with Gasteiger partial charge in [-0.1, -0.05) is 23.7 Å². The number of hydrogen-bond acceptors (Lipinski definition) is 5. The summed E-state index contributed by atoms with van der Waals surface area (Å²) in [5.41, 5.74) is 13.8. The van der Waals surface area contributed by atoms with E-state index in [1.807, 2.05) is 42.5 Å². The Bertz CT molecular complexity index is 827. The number of rotatable bonds is 2. The molecule has 1 aromatic heterocycles. The number of nitrogens with two attached hydrogens (primary N) is 2. The van der Waals surface area contributed by atoms with Crippen molar-refractivity contribution in [3.63, 3.8) is 0 Å². The van der Waals surface area contributed by atoms with Gasteiger partial charge in [0.05, 0.1) is 11.2 Å². The zero-order chi connectivity index (χ0) is 14.8. The third-order valence-corrected chi connectivity index (χ3v) is 3.21. The molecule has 2 aromatic carbocycles. The summed E-state index contributed by atoms with van der Waals surface area (Å²) < 4.78 is 0. The van der Waals surface area contributed by atoms with E-state index in [2.05, 4.69) is 15.0 Å². The van der Waals surface area contributed by atoms with Crippen LogP contribution in [0.5, 0.6) is 0 Å². The van der Waals surface area contributed by atoms with Crippen LogP contribution >= 0.6 is 11.6 Å². The number of hydrogen-bond donors (Lipinski definition) is 2. The molecule has 0 atom stereocenters. The minimum atomic E-state index is 0.164. The largest absolute Gasteiger partial charge is 0.383 e. The van der Waals surface area contributed by atoms with Crippen LogP contribution in [-0.4, -0.2) is 16.2 Å². The summed E-state index contributed by atoms with van der Waals surface area (Å²) in [5.74, 6) is 0.512. The van der Waals surface area contributed by atoms with E-state index in [-0.39, 0.29) is 5.95 Å². The van der Waals surface area contributed by atoms with Gasteiger partial charge in [-0.3, -0.25) is 4.99 Å². The van der Waals surface area contributed by atoms with E-state index in [0.29, 0.717) is 16.4 Å². The molecule has 104 valence electrons. The first-order chi connectivity index (χ1) is 10.1. The van der Waals surface area contributed by atoms with Crippen molar-refractivity contribution in [1.82, 2.24) is 9.97 Å². The smallest absolute Gasteiger partial charge is 0.222 e. The van der Waals surface area contributed by atoms with Crippen molar-refractivity contribution in [2.45, 2.75) is 0 Å². The fraction of sp³-hybridized carbons (Fsp3) is 0. The first-order valence-corrected chi connectivity index (χ1v) is 6.62. The Kier molecular flexibility index (Phi) is 3.41. The molecule has 0 spiro atoms. The highest BCUT2D eigenvalue weighted by molar-refractivity contribution is 6.30. The van der Waals surface area contributed by atoms with Crippen LogP contribution in [0.3, 0.4) is 0 Å². The molecule has 0 saturated heterocycles. The fourth-order valence-corrected chi connectivity index (χ4v) is 2.06. The molecule has 0 fully saturated rings. The van der Waals surface area contributed by atoms with Crippen molar-refractivity contribution < 1.29 is 0 Å². The molecule has 21 heavy (non-hydrogen) atoms. The van der Waals surface area contributed by atoms with E-state index in [1.54, 1.807) is 6.21 Å². The second kappa shape index (κ2) is 5.38. The number of fused-ring (bicyclic) bond motifs is 1. The molecule has 6 heteroatoms. The number of aliphatic imine (C=N–C) groups is 1. The van der Waals surface area contributed by atoms with Crippen LogP contribution in [0, 0.1) is 0 Å². The number of halogens is 1. The van der Waals surface area contributed by atoms with Gasteiger partial charge in [0.2, 0.25) is 5.95 Å². The average Bonchev–Trinajstić information content (AvgIpc) is 2.47. The molecule has 4 N–H and O–H groups in total. The number of anilines is 2. The molecule has 1 heterocycles. The standard InChI is InChI=1S/C15H12ClN5/c16-10-3-1-9(2-4-10)8-19-11-5-6-13-12(7-11)14(17)21-15(18)20-13/h1-8H,(H4,17,18,20,21). The van der Waals surface area contributed by atoms with Crippen molar-refractivity contribution in [3.05, 3.63) is 53.1 Å².